The largest absolute Gasteiger partial charge is 0.213 e. The Hall–Kier alpha value is 0.490. The average Bonchev–Trinajstić information content (AvgIpc) is 1.84. The topological polar surface area (TPSA) is 46.2 Å². The molecule has 0 saturated heterocycles. The van der Waals surface area contributed by atoms with Gasteiger partial charge in [0.2, 0.25) is 10.0 Å². The highest BCUT2D eigenvalue weighted by Gasteiger charge is 2.25. The summed E-state index contributed by atoms with van der Waals surface area (Å²) < 4.78 is 23.8. The van der Waals surface area contributed by atoms with E-state index in [1.165, 1.54) is 0 Å². The van der Waals surface area contributed by atoms with Crippen LogP contribution in [0.4, 0.5) is 0 Å². The van der Waals surface area contributed by atoms with E-state index >= 15 is 0 Å². The van der Waals surface area contributed by atoms with Crippen molar-refractivity contribution in [2.75, 3.05) is 18.0 Å². The molecule has 0 aromatic rings. The number of hydrogen-bond acceptors (Lipinski definition) is 2. The summed E-state index contributed by atoms with van der Waals surface area (Å²) in [4.78, 5) is 0. The molecule has 0 rings (SSSR count). The Morgan fingerprint density at radius 1 is 1.36 bits per heavy atom. The van der Waals surface area contributed by atoms with Crippen molar-refractivity contribution in [1.82, 2.24) is 4.72 Å². The zero-order valence-electron chi connectivity index (χ0n) is 6.39. The molecule has 1 N–H and O–H groups in total. The molecule has 0 atom stereocenters. The van der Waals surface area contributed by atoms with Crippen LogP contribution in [-0.4, -0.2) is 32.0 Å². The lowest BCUT2D eigenvalue weighted by atomic mass is 10.1. The molecular formula is C5H11Cl2NO2S. The molecule has 0 unspecified atom stereocenters. The van der Waals surface area contributed by atoms with Gasteiger partial charge in [-0.15, -0.1) is 23.2 Å². The summed E-state index contributed by atoms with van der Waals surface area (Å²) in [6, 6.07) is 0. The van der Waals surface area contributed by atoms with E-state index in [0.717, 1.165) is 6.26 Å². The maximum absolute atomic E-state index is 10.7. The fourth-order valence-corrected chi connectivity index (χ4v) is 2.16. The van der Waals surface area contributed by atoms with Gasteiger partial charge < -0.3 is 0 Å². The summed E-state index contributed by atoms with van der Waals surface area (Å²) in [6.45, 7) is 1.65. The van der Waals surface area contributed by atoms with Gasteiger partial charge in [0.25, 0.3) is 0 Å². The third-order valence-electron chi connectivity index (χ3n) is 1.02. The fraction of sp³-hybridized carbons (Fsp3) is 1.00. The second-order valence-electron chi connectivity index (χ2n) is 2.70. The van der Waals surface area contributed by atoms with E-state index < -0.39 is 15.6 Å². The minimum absolute atomic E-state index is 0.156. The van der Waals surface area contributed by atoms with Crippen LogP contribution in [0, 0.1) is 0 Å². The monoisotopic (exact) mass is 219 g/mol. The van der Waals surface area contributed by atoms with Crippen LogP contribution in [0.15, 0.2) is 0 Å². The van der Waals surface area contributed by atoms with Crippen LogP contribution in [0.5, 0.6) is 0 Å². The van der Waals surface area contributed by atoms with E-state index in [1.54, 1.807) is 6.92 Å². The van der Waals surface area contributed by atoms with Crippen molar-refractivity contribution in [3.05, 3.63) is 0 Å². The van der Waals surface area contributed by atoms with Gasteiger partial charge in [-0.2, -0.15) is 0 Å². The smallest absolute Gasteiger partial charge is 0.209 e. The second-order valence-corrected chi connectivity index (χ2v) is 4.99. The predicted molar refractivity (Wildman–Crippen MR) is 47.8 cm³/mol. The molecule has 68 valence electrons. The zero-order chi connectivity index (χ0) is 9.12. The summed E-state index contributed by atoms with van der Waals surface area (Å²) in [5.41, 5.74) is -0.739. The third-order valence-corrected chi connectivity index (χ3v) is 3.07. The second kappa shape index (κ2) is 3.94. The lowest BCUT2D eigenvalue weighted by molar-refractivity contribution is 0.504. The molecule has 0 heterocycles. The van der Waals surface area contributed by atoms with E-state index in [9.17, 15) is 8.42 Å². The lowest BCUT2D eigenvalue weighted by Crippen LogP contribution is -2.48. The van der Waals surface area contributed by atoms with Crippen LogP contribution < -0.4 is 4.72 Å². The minimum Gasteiger partial charge on any atom is -0.213 e. The predicted octanol–water partition coefficient (Wildman–Crippen LogP) is 0.772. The molecular weight excluding hydrogens is 209 g/mol. The molecule has 0 aliphatic rings. The highest BCUT2D eigenvalue weighted by molar-refractivity contribution is 7.88. The summed E-state index contributed by atoms with van der Waals surface area (Å²) >= 11 is 11.0. The first-order valence-corrected chi connectivity index (χ1v) is 5.90. The molecule has 6 heteroatoms. The Labute approximate surface area is 77.1 Å². The van der Waals surface area contributed by atoms with Gasteiger partial charge in [0.15, 0.2) is 0 Å². The van der Waals surface area contributed by atoms with Gasteiger partial charge in [-0.3, -0.25) is 0 Å². The van der Waals surface area contributed by atoms with E-state index in [1.807, 2.05) is 0 Å². The fourth-order valence-electron chi connectivity index (χ4n) is 0.538. The van der Waals surface area contributed by atoms with Crippen LogP contribution in [0.3, 0.4) is 0 Å². The van der Waals surface area contributed by atoms with Gasteiger partial charge >= 0.3 is 0 Å². The van der Waals surface area contributed by atoms with E-state index in [4.69, 9.17) is 23.2 Å². The molecule has 0 amide bonds. The number of halogens is 2. The van der Waals surface area contributed by atoms with Crippen LogP contribution in [0.25, 0.3) is 0 Å². The van der Waals surface area contributed by atoms with E-state index in [-0.39, 0.29) is 11.8 Å². The first-order valence-electron chi connectivity index (χ1n) is 2.94. The highest BCUT2D eigenvalue weighted by atomic mass is 35.5. The Kier molecular flexibility index (Phi) is 4.11. The normalized spacial score (nSPS) is 13.5. The Balaban J connectivity index is 4.32. The van der Waals surface area contributed by atoms with Crippen molar-refractivity contribution < 1.29 is 8.42 Å². The third kappa shape index (κ3) is 4.85. The van der Waals surface area contributed by atoms with Gasteiger partial charge in [-0.05, 0) is 6.92 Å². The maximum atomic E-state index is 10.7. The summed E-state index contributed by atoms with van der Waals surface area (Å²) in [5.74, 6) is 0.313. The van der Waals surface area contributed by atoms with Crippen LogP contribution >= 0.6 is 23.2 Å². The summed E-state index contributed by atoms with van der Waals surface area (Å²) in [5, 5.41) is 0. The number of rotatable bonds is 4. The first kappa shape index (κ1) is 11.5. The van der Waals surface area contributed by atoms with Crippen molar-refractivity contribution in [2.24, 2.45) is 0 Å². The van der Waals surface area contributed by atoms with Crippen molar-refractivity contribution in [3.8, 4) is 0 Å². The molecule has 3 nitrogen and oxygen atoms in total. The van der Waals surface area contributed by atoms with Gasteiger partial charge in [0.05, 0.1) is 11.8 Å². The lowest BCUT2D eigenvalue weighted by Gasteiger charge is -2.24. The maximum Gasteiger partial charge on any atom is 0.209 e. The van der Waals surface area contributed by atoms with Crippen LogP contribution in [-0.2, 0) is 10.0 Å². The molecule has 11 heavy (non-hydrogen) atoms. The number of nitrogens with one attached hydrogen (secondary N) is 1. The van der Waals surface area contributed by atoms with E-state index in [2.05, 4.69) is 4.72 Å². The number of alkyl halides is 2. The summed E-state index contributed by atoms with van der Waals surface area (Å²) in [7, 11) is -3.22. The SMILES string of the molecule is CC(CCl)(CCl)NS(C)(=O)=O. The Bertz CT molecular complexity index is 211. The van der Waals surface area contributed by atoms with Gasteiger partial charge in [-0.1, -0.05) is 0 Å². The number of sulfonamides is 1. The molecule has 0 bridgehead atoms. The minimum atomic E-state index is -3.22. The van der Waals surface area contributed by atoms with Crippen molar-refractivity contribution in [2.45, 2.75) is 12.5 Å². The number of hydrogen-bond donors (Lipinski definition) is 1. The quantitative estimate of drug-likeness (QED) is 0.711. The molecule has 0 saturated carbocycles. The zero-order valence-corrected chi connectivity index (χ0v) is 8.72. The average molecular weight is 220 g/mol. The van der Waals surface area contributed by atoms with Crippen molar-refractivity contribution >= 4 is 33.2 Å². The summed E-state index contributed by atoms with van der Waals surface area (Å²) in [6.07, 6.45) is 1.07. The van der Waals surface area contributed by atoms with Crippen LogP contribution in [0.2, 0.25) is 0 Å². The Morgan fingerprint density at radius 3 is 1.82 bits per heavy atom. The molecule has 0 radical (unpaired) electrons. The molecule has 0 aliphatic carbocycles. The molecule has 0 aliphatic heterocycles. The molecule has 0 aromatic heterocycles. The van der Waals surface area contributed by atoms with Gasteiger partial charge in [0.1, 0.15) is 0 Å². The van der Waals surface area contributed by atoms with Crippen molar-refractivity contribution in [3.63, 3.8) is 0 Å². The highest BCUT2D eigenvalue weighted by Crippen LogP contribution is 2.09. The molecule has 0 aromatic carbocycles. The van der Waals surface area contributed by atoms with Gasteiger partial charge in [0, 0.05) is 11.8 Å². The van der Waals surface area contributed by atoms with Crippen LogP contribution in [0.1, 0.15) is 6.92 Å². The van der Waals surface area contributed by atoms with E-state index in [0.29, 0.717) is 0 Å². The standard InChI is InChI=1S/C5H11Cl2NO2S/c1-5(3-6,4-7)8-11(2,9)10/h8H,3-4H2,1-2H3. The van der Waals surface area contributed by atoms with Crippen molar-refractivity contribution in [1.29, 1.82) is 0 Å². The Morgan fingerprint density at radius 2 is 1.73 bits per heavy atom. The molecule has 0 fully saturated rings. The molecule has 0 spiro atoms. The first-order chi connectivity index (χ1) is 4.83. The van der Waals surface area contributed by atoms with Gasteiger partial charge in [-0.25, -0.2) is 13.1 Å².